The lowest BCUT2D eigenvalue weighted by Crippen LogP contribution is -2.53. The second-order valence-corrected chi connectivity index (χ2v) is 13.0. The highest BCUT2D eigenvalue weighted by molar-refractivity contribution is 6.15. The molecule has 55 heavy (non-hydrogen) atoms. The van der Waals surface area contributed by atoms with E-state index in [0.29, 0.717) is 11.4 Å². The van der Waals surface area contributed by atoms with Crippen LogP contribution in [0.25, 0.3) is 0 Å². The van der Waals surface area contributed by atoms with Gasteiger partial charge in [0.15, 0.2) is 17.7 Å². The molecule has 2 aromatic carbocycles. The third kappa shape index (κ3) is 9.72. The summed E-state index contributed by atoms with van der Waals surface area (Å²) in [6.45, 7) is 11.9. The molecule has 2 aromatic rings. The number of carboxylic acids is 1. The van der Waals surface area contributed by atoms with Gasteiger partial charge in [-0.15, -0.1) is 0 Å². The molecular formula is C38H47N5O12. The number of amides is 5. The Bertz CT molecular complexity index is 1810. The Hall–Kier alpha value is -6.10. The van der Waals surface area contributed by atoms with E-state index in [-0.39, 0.29) is 67.8 Å². The van der Waals surface area contributed by atoms with Crippen molar-refractivity contribution in [2.45, 2.75) is 64.4 Å². The summed E-state index contributed by atoms with van der Waals surface area (Å²) in [5.41, 5.74) is 1.63. The van der Waals surface area contributed by atoms with Crippen molar-refractivity contribution in [3.8, 4) is 11.5 Å². The first-order valence-electron chi connectivity index (χ1n) is 17.5. The second kappa shape index (κ2) is 18.8. The molecule has 2 aliphatic rings. The number of carboxylic acid groups (broad SMARTS) is 1. The first kappa shape index (κ1) is 41.7. The van der Waals surface area contributed by atoms with Gasteiger partial charge < -0.3 is 44.7 Å². The van der Waals surface area contributed by atoms with E-state index in [1.54, 1.807) is 32.0 Å². The van der Waals surface area contributed by atoms with Crippen molar-refractivity contribution in [2.24, 2.45) is 5.92 Å². The van der Waals surface area contributed by atoms with E-state index >= 15 is 0 Å². The molecule has 0 aromatic heterocycles. The third-order valence-electron chi connectivity index (χ3n) is 8.81. The first-order chi connectivity index (χ1) is 26.3. The van der Waals surface area contributed by atoms with E-state index < -0.39 is 60.2 Å². The van der Waals surface area contributed by atoms with Gasteiger partial charge in [0.05, 0.1) is 31.0 Å². The normalized spacial score (nSPS) is 16.7. The second-order valence-electron chi connectivity index (χ2n) is 13.0. The zero-order valence-electron chi connectivity index (χ0n) is 31.4. The molecule has 0 bridgehead atoms. The van der Waals surface area contributed by atoms with Gasteiger partial charge in [0.1, 0.15) is 25.3 Å². The molecule has 296 valence electrons. The summed E-state index contributed by atoms with van der Waals surface area (Å²) in [5.74, 6) is -2.67. The van der Waals surface area contributed by atoms with Gasteiger partial charge >= 0.3 is 18.2 Å². The summed E-state index contributed by atoms with van der Waals surface area (Å²) in [6.07, 6.45) is 0.404. The summed E-state index contributed by atoms with van der Waals surface area (Å²) >= 11 is 0. The summed E-state index contributed by atoms with van der Waals surface area (Å²) in [5, 5.41) is 16.9. The number of nitrogens with one attached hydrogen (secondary N) is 3. The summed E-state index contributed by atoms with van der Waals surface area (Å²) < 4.78 is 27.7. The summed E-state index contributed by atoms with van der Waals surface area (Å²) in [6, 6.07) is 5.11. The monoisotopic (exact) mass is 765 g/mol. The van der Waals surface area contributed by atoms with Crippen molar-refractivity contribution in [1.82, 2.24) is 10.6 Å². The van der Waals surface area contributed by atoms with Crippen LogP contribution in [0.4, 0.5) is 26.7 Å². The van der Waals surface area contributed by atoms with Crippen molar-refractivity contribution >= 4 is 52.9 Å². The van der Waals surface area contributed by atoms with Gasteiger partial charge in [0.25, 0.3) is 5.91 Å². The molecule has 17 nitrogen and oxygen atoms in total. The van der Waals surface area contributed by atoms with Gasteiger partial charge in [-0.25, -0.2) is 14.5 Å². The highest BCUT2D eigenvalue weighted by Crippen LogP contribution is 2.45. The SMILES string of the molecule is C=CCOC(=O)N[C@H](C(=O)N[C@@H](C)C(=O)Nc1ccc2c(c1)N1C(=O)c3cc(OC)c(OCCCC(=O)O)cc3N(C(=O)OCC=C)C(OC)[C@@H]1C2)C(C)C. The van der Waals surface area contributed by atoms with Crippen molar-refractivity contribution in [2.75, 3.05) is 49.2 Å². The van der Waals surface area contributed by atoms with Crippen LogP contribution in [-0.2, 0) is 35.0 Å². The fourth-order valence-corrected chi connectivity index (χ4v) is 6.18. The minimum atomic E-state index is -1.08. The highest BCUT2D eigenvalue weighted by Gasteiger charge is 2.48. The first-order valence-corrected chi connectivity index (χ1v) is 17.5. The molecule has 0 saturated carbocycles. The van der Waals surface area contributed by atoms with E-state index in [4.69, 9.17) is 28.8 Å². The number of rotatable bonds is 17. The molecule has 0 aliphatic carbocycles. The Morgan fingerprint density at radius 1 is 0.945 bits per heavy atom. The number of hydrogen-bond donors (Lipinski definition) is 4. The molecule has 2 heterocycles. The average molecular weight is 766 g/mol. The largest absolute Gasteiger partial charge is 0.493 e. The fourth-order valence-electron chi connectivity index (χ4n) is 6.18. The van der Waals surface area contributed by atoms with Gasteiger partial charge in [-0.1, -0.05) is 45.2 Å². The number of alkyl carbamates (subject to hydrolysis) is 1. The molecule has 0 fully saturated rings. The molecule has 5 amide bonds. The van der Waals surface area contributed by atoms with Crippen LogP contribution >= 0.6 is 0 Å². The number of nitrogens with zero attached hydrogens (tertiary/aromatic N) is 2. The molecule has 4 rings (SSSR count). The Kier molecular flexibility index (Phi) is 14.2. The maximum atomic E-state index is 14.6. The predicted molar refractivity (Wildman–Crippen MR) is 200 cm³/mol. The Labute approximate surface area is 318 Å². The fraction of sp³-hybridized carbons (Fsp3) is 0.421. The molecular weight excluding hydrogens is 718 g/mol. The van der Waals surface area contributed by atoms with E-state index in [9.17, 15) is 28.8 Å². The van der Waals surface area contributed by atoms with Gasteiger partial charge in [-0.2, -0.15) is 0 Å². The van der Waals surface area contributed by atoms with Crippen LogP contribution in [0.1, 0.15) is 49.5 Å². The van der Waals surface area contributed by atoms with Crippen molar-refractivity contribution < 1.29 is 57.6 Å². The topological polar surface area (TPSA) is 211 Å². The van der Waals surface area contributed by atoms with Crippen molar-refractivity contribution in [3.63, 3.8) is 0 Å². The predicted octanol–water partition coefficient (Wildman–Crippen LogP) is 4.01. The number of anilines is 3. The number of carbonyl (C=O) groups excluding carboxylic acids is 5. The Balaban J connectivity index is 1.65. The standard InChI is InChI=1S/C38H47N5O12/c1-8-14-54-37(49)41-32(21(3)4)34(47)39-22(5)33(46)40-24-13-12-23-17-28-36(52-7)43(38(50)55-15-9-2)27-20-30(53-16-10-11-31(44)45)29(51-6)19-25(27)35(48)42(28)26(23)18-24/h8-9,12-13,18-22,28,32,36H,1-2,10-11,14-17H2,3-7H3,(H,39,47)(H,40,46)(H,41,49)(H,44,45)/t22-,28-,32-,36?/m0/s1. The maximum Gasteiger partial charge on any atom is 0.416 e. The van der Waals surface area contributed by atoms with Gasteiger partial charge in [0.2, 0.25) is 11.8 Å². The molecule has 0 spiro atoms. The minimum Gasteiger partial charge on any atom is -0.493 e. The lowest BCUT2D eigenvalue weighted by molar-refractivity contribution is -0.137. The van der Waals surface area contributed by atoms with Crippen molar-refractivity contribution in [3.05, 3.63) is 66.8 Å². The van der Waals surface area contributed by atoms with E-state index in [2.05, 4.69) is 29.1 Å². The molecule has 4 N–H and O–H groups in total. The molecule has 17 heteroatoms. The smallest absolute Gasteiger partial charge is 0.416 e. The van der Waals surface area contributed by atoms with Crippen LogP contribution in [-0.4, -0.2) is 99.4 Å². The lowest BCUT2D eigenvalue weighted by atomic mass is 10.0. The number of hydrogen-bond acceptors (Lipinski definition) is 11. The van der Waals surface area contributed by atoms with Gasteiger partial charge in [0, 0.05) is 31.0 Å². The van der Waals surface area contributed by atoms with Crippen LogP contribution in [0.15, 0.2) is 55.6 Å². The molecule has 2 aliphatic heterocycles. The highest BCUT2D eigenvalue weighted by atomic mass is 16.6. The van der Waals surface area contributed by atoms with Crippen LogP contribution in [0.3, 0.4) is 0 Å². The molecule has 0 radical (unpaired) electrons. The van der Waals surface area contributed by atoms with E-state index in [0.717, 1.165) is 5.56 Å². The maximum absolute atomic E-state index is 14.6. The Morgan fingerprint density at radius 3 is 2.29 bits per heavy atom. The van der Waals surface area contributed by atoms with Crippen molar-refractivity contribution in [1.29, 1.82) is 0 Å². The van der Waals surface area contributed by atoms with Crippen LogP contribution in [0.5, 0.6) is 11.5 Å². The number of aliphatic carboxylic acids is 1. The minimum absolute atomic E-state index is 0.0167. The lowest BCUT2D eigenvalue weighted by Gasteiger charge is -2.34. The van der Waals surface area contributed by atoms with E-state index in [1.165, 1.54) is 55.2 Å². The number of methoxy groups -OCH3 is 2. The number of fused-ring (bicyclic) bond motifs is 4. The average Bonchev–Trinajstić information content (AvgIpc) is 3.48. The Morgan fingerprint density at radius 2 is 1.65 bits per heavy atom. The summed E-state index contributed by atoms with van der Waals surface area (Å²) in [7, 11) is 2.78. The zero-order chi connectivity index (χ0) is 40.4. The summed E-state index contributed by atoms with van der Waals surface area (Å²) in [4.78, 5) is 80.6. The van der Waals surface area contributed by atoms with E-state index in [1.807, 2.05) is 0 Å². The number of ether oxygens (including phenoxy) is 5. The quantitative estimate of drug-likeness (QED) is 0.133. The molecule has 4 atom stereocenters. The van der Waals surface area contributed by atoms with Crippen LogP contribution < -0.4 is 35.2 Å². The molecule has 1 unspecified atom stereocenters. The van der Waals surface area contributed by atoms with Crippen LogP contribution in [0, 0.1) is 5.92 Å². The number of carbonyl (C=O) groups is 6. The third-order valence-corrected chi connectivity index (χ3v) is 8.81. The number of benzene rings is 2. The molecule has 0 saturated heterocycles. The van der Waals surface area contributed by atoms with Gasteiger partial charge in [-0.05, 0) is 49.4 Å². The van der Waals surface area contributed by atoms with Crippen LogP contribution in [0.2, 0.25) is 0 Å². The zero-order valence-corrected chi connectivity index (χ0v) is 31.4. The van der Waals surface area contributed by atoms with Gasteiger partial charge in [-0.3, -0.25) is 24.1 Å².